The quantitative estimate of drug-likeness (QED) is 0.605. The van der Waals surface area contributed by atoms with Crippen molar-refractivity contribution in [2.24, 2.45) is 0 Å². The predicted molar refractivity (Wildman–Crippen MR) is 66.3 cm³/mol. The van der Waals surface area contributed by atoms with E-state index >= 15 is 0 Å². The topological polar surface area (TPSA) is 22.1 Å². The summed E-state index contributed by atoms with van der Waals surface area (Å²) in [5, 5.41) is 0. The van der Waals surface area contributed by atoms with Crippen LogP contribution in [0.15, 0.2) is 6.07 Å². The van der Waals surface area contributed by atoms with Crippen LogP contribution in [0.25, 0.3) is 0 Å². The van der Waals surface area contributed by atoms with E-state index in [1.807, 2.05) is 40.7 Å². The Bertz CT molecular complexity index is 300. The lowest BCUT2D eigenvalue weighted by Crippen LogP contribution is -2.12. The summed E-state index contributed by atoms with van der Waals surface area (Å²) in [6.07, 6.45) is 0.961. The van der Waals surface area contributed by atoms with Gasteiger partial charge in [0, 0.05) is 23.3 Å². The van der Waals surface area contributed by atoms with Crippen LogP contribution in [0, 0.1) is 6.92 Å². The molecular formula is C12H20BNO. The monoisotopic (exact) mass is 205 g/mol. The Morgan fingerprint density at radius 2 is 1.87 bits per heavy atom. The summed E-state index contributed by atoms with van der Waals surface area (Å²) >= 11 is 0. The average Bonchev–Trinajstić information content (AvgIpc) is 2.72. The van der Waals surface area contributed by atoms with Crippen LogP contribution in [-0.2, 0) is 6.42 Å². The number of pyridine rings is 1. The van der Waals surface area contributed by atoms with Crippen LogP contribution in [0.1, 0.15) is 39.0 Å². The van der Waals surface area contributed by atoms with Gasteiger partial charge in [0.2, 0.25) is 0 Å². The molecule has 0 aromatic carbocycles. The largest absolute Gasteiger partial charge is 0.492 e. The van der Waals surface area contributed by atoms with Crippen molar-refractivity contribution in [3.05, 3.63) is 17.3 Å². The van der Waals surface area contributed by atoms with Crippen LogP contribution < -0.4 is 10.3 Å². The number of hydrogen-bond donors (Lipinski definition) is 0. The van der Waals surface area contributed by atoms with Crippen molar-refractivity contribution in [1.82, 2.24) is 4.98 Å². The Kier molecular flexibility index (Phi) is 6.84. The van der Waals surface area contributed by atoms with Gasteiger partial charge in [0.05, 0.1) is 6.61 Å². The summed E-state index contributed by atoms with van der Waals surface area (Å²) < 4.78 is 5.30. The Labute approximate surface area is 94.5 Å². The zero-order valence-electron chi connectivity index (χ0n) is 10.4. The van der Waals surface area contributed by atoms with E-state index in [2.05, 4.69) is 4.98 Å². The molecule has 1 aromatic rings. The van der Waals surface area contributed by atoms with Crippen LogP contribution >= 0.6 is 0 Å². The first-order chi connectivity index (χ1) is 7.27. The first kappa shape index (κ1) is 14.0. The molecular weight excluding hydrogens is 185 g/mol. The summed E-state index contributed by atoms with van der Waals surface area (Å²) in [7, 11) is 5.64. The molecule has 0 atom stereocenters. The van der Waals surface area contributed by atoms with E-state index in [0.717, 1.165) is 24.5 Å². The smallest absolute Gasteiger partial charge is 0.147 e. The van der Waals surface area contributed by atoms with Crippen LogP contribution in [0.5, 0.6) is 5.75 Å². The molecule has 0 spiro atoms. The molecule has 0 saturated carbocycles. The number of aromatic nitrogens is 1. The molecule has 1 aromatic heterocycles. The lowest BCUT2D eigenvalue weighted by atomic mass is 9.99. The Morgan fingerprint density at radius 3 is 2.47 bits per heavy atom. The fraction of sp³-hybridized carbons (Fsp3) is 0.583. The van der Waals surface area contributed by atoms with Gasteiger partial charge in [-0.15, -0.1) is 0 Å². The Morgan fingerprint density at radius 1 is 1.27 bits per heavy atom. The number of fused-ring (bicyclic) bond motifs is 1. The van der Waals surface area contributed by atoms with Crippen molar-refractivity contribution in [1.29, 1.82) is 0 Å². The zero-order valence-corrected chi connectivity index (χ0v) is 10.4. The van der Waals surface area contributed by atoms with Gasteiger partial charge in [-0.1, -0.05) is 27.7 Å². The first-order valence-corrected chi connectivity index (χ1v) is 5.66. The number of hydrogen-bond acceptors (Lipinski definition) is 2. The number of ether oxygens (including phenoxy) is 1. The van der Waals surface area contributed by atoms with Crippen LogP contribution in [0.3, 0.4) is 0 Å². The maximum absolute atomic E-state index is 5.64. The minimum Gasteiger partial charge on any atom is -0.492 e. The molecule has 0 bridgehead atoms. The van der Waals surface area contributed by atoms with Gasteiger partial charge in [0.1, 0.15) is 13.6 Å². The molecule has 2 heterocycles. The molecule has 82 valence electrons. The second-order valence-corrected chi connectivity index (χ2v) is 2.74. The van der Waals surface area contributed by atoms with Gasteiger partial charge in [-0.3, -0.25) is 4.98 Å². The van der Waals surface area contributed by atoms with Crippen molar-refractivity contribution in [2.45, 2.75) is 41.0 Å². The maximum atomic E-state index is 5.64. The zero-order chi connectivity index (χ0) is 11.8. The molecule has 2 rings (SSSR count). The van der Waals surface area contributed by atoms with Gasteiger partial charge in [-0.2, -0.15) is 0 Å². The SMILES string of the molecule is CC.CC.[B]c1nc(C)cc2c1OCC2. The summed E-state index contributed by atoms with van der Waals surface area (Å²) in [6, 6.07) is 2.03. The maximum Gasteiger partial charge on any atom is 0.147 e. The summed E-state index contributed by atoms with van der Waals surface area (Å²) in [5.74, 6) is 0.788. The highest BCUT2D eigenvalue weighted by Gasteiger charge is 2.14. The van der Waals surface area contributed by atoms with E-state index in [9.17, 15) is 0 Å². The van der Waals surface area contributed by atoms with Crippen LogP contribution in [0.4, 0.5) is 0 Å². The molecule has 1 aliphatic heterocycles. The van der Waals surface area contributed by atoms with Crippen molar-refractivity contribution < 1.29 is 4.74 Å². The average molecular weight is 205 g/mol. The van der Waals surface area contributed by atoms with Crippen molar-refractivity contribution in [2.75, 3.05) is 6.61 Å². The van der Waals surface area contributed by atoms with Gasteiger partial charge in [-0.05, 0) is 13.0 Å². The van der Waals surface area contributed by atoms with Crippen molar-refractivity contribution in [3.8, 4) is 5.75 Å². The second kappa shape index (κ2) is 7.33. The molecule has 0 saturated heterocycles. The van der Waals surface area contributed by atoms with Gasteiger partial charge in [0.25, 0.3) is 0 Å². The molecule has 2 nitrogen and oxygen atoms in total. The molecule has 3 heteroatoms. The Balaban J connectivity index is 0.000000442. The van der Waals surface area contributed by atoms with Crippen LogP contribution in [0.2, 0.25) is 0 Å². The second-order valence-electron chi connectivity index (χ2n) is 2.74. The third kappa shape index (κ3) is 3.58. The van der Waals surface area contributed by atoms with Gasteiger partial charge >= 0.3 is 0 Å². The third-order valence-electron chi connectivity index (χ3n) is 1.82. The van der Waals surface area contributed by atoms with Crippen molar-refractivity contribution >= 4 is 13.4 Å². The molecule has 0 unspecified atom stereocenters. The van der Waals surface area contributed by atoms with Gasteiger partial charge < -0.3 is 4.74 Å². The van der Waals surface area contributed by atoms with E-state index in [1.165, 1.54) is 5.56 Å². The summed E-state index contributed by atoms with van der Waals surface area (Å²) in [4.78, 5) is 4.10. The lowest BCUT2D eigenvalue weighted by molar-refractivity contribution is 0.358. The Hall–Kier alpha value is -0.985. The van der Waals surface area contributed by atoms with Crippen molar-refractivity contribution in [3.63, 3.8) is 0 Å². The number of nitrogens with zero attached hydrogens (tertiary/aromatic N) is 1. The fourth-order valence-corrected chi connectivity index (χ4v) is 1.37. The van der Waals surface area contributed by atoms with E-state index in [0.29, 0.717) is 5.59 Å². The number of rotatable bonds is 0. The molecule has 1 aliphatic rings. The van der Waals surface area contributed by atoms with Gasteiger partial charge in [0.15, 0.2) is 0 Å². The predicted octanol–water partition coefficient (Wildman–Crippen LogP) is 2.17. The standard InChI is InChI=1S/C8H8BNO.2C2H6/c1-5-4-6-2-3-11-7(6)8(9)10-5;2*1-2/h4H,2-3H2,1H3;2*1-2H3. The van der Waals surface area contributed by atoms with Crippen LogP contribution in [-0.4, -0.2) is 19.4 Å². The molecule has 2 radical (unpaired) electrons. The highest BCUT2D eigenvalue weighted by atomic mass is 16.5. The van der Waals surface area contributed by atoms with E-state index in [4.69, 9.17) is 12.6 Å². The van der Waals surface area contributed by atoms with E-state index in [1.54, 1.807) is 0 Å². The minimum absolute atomic E-state index is 0.525. The highest BCUT2D eigenvalue weighted by molar-refractivity contribution is 6.32. The molecule has 15 heavy (non-hydrogen) atoms. The summed E-state index contributed by atoms with van der Waals surface area (Å²) in [6.45, 7) is 10.7. The molecule has 0 fully saturated rings. The summed E-state index contributed by atoms with van der Waals surface area (Å²) in [5.41, 5.74) is 2.68. The normalized spacial score (nSPS) is 11.3. The number of aryl methyl sites for hydroxylation is 1. The lowest BCUT2D eigenvalue weighted by Gasteiger charge is -2.03. The van der Waals surface area contributed by atoms with E-state index in [-0.39, 0.29) is 0 Å². The molecule has 0 amide bonds. The minimum atomic E-state index is 0.525. The third-order valence-corrected chi connectivity index (χ3v) is 1.82. The molecule has 0 N–H and O–H groups in total. The van der Waals surface area contributed by atoms with E-state index < -0.39 is 0 Å². The molecule has 0 aliphatic carbocycles. The highest BCUT2D eigenvalue weighted by Crippen LogP contribution is 2.21. The van der Waals surface area contributed by atoms with Gasteiger partial charge in [-0.25, -0.2) is 0 Å². The first-order valence-electron chi connectivity index (χ1n) is 5.66. The fourth-order valence-electron chi connectivity index (χ4n) is 1.37.